The lowest BCUT2D eigenvalue weighted by Crippen LogP contribution is -2.66. The van der Waals surface area contributed by atoms with Crippen LogP contribution in [0, 0.1) is 18.3 Å². The fourth-order valence-corrected chi connectivity index (χ4v) is 5.49. The van der Waals surface area contributed by atoms with Crippen LogP contribution >= 0.6 is 0 Å². The molecule has 1 aromatic carbocycles. The SMILES string of the molecule is COc1ccc(C)cc1S(=O)(=O)NC1C2CCOC2C1(C)C. The van der Waals surface area contributed by atoms with Crippen LogP contribution in [-0.4, -0.2) is 34.3 Å². The van der Waals surface area contributed by atoms with Crippen molar-refractivity contribution in [2.75, 3.05) is 13.7 Å². The first-order chi connectivity index (χ1) is 10.3. The van der Waals surface area contributed by atoms with Crippen molar-refractivity contribution in [1.82, 2.24) is 4.72 Å². The van der Waals surface area contributed by atoms with Gasteiger partial charge in [-0.05, 0) is 31.0 Å². The third kappa shape index (κ3) is 2.33. The number of nitrogens with one attached hydrogen (secondary N) is 1. The average Bonchev–Trinajstić information content (AvgIpc) is 2.92. The Kier molecular flexibility index (Phi) is 3.74. The maximum absolute atomic E-state index is 12.8. The molecule has 1 aliphatic heterocycles. The minimum absolute atomic E-state index is 0.102. The zero-order valence-corrected chi connectivity index (χ0v) is 14.2. The third-order valence-corrected chi connectivity index (χ3v) is 6.45. The lowest BCUT2D eigenvalue weighted by molar-refractivity contribution is -0.105. The molecule has 1 saturated heterocycles. The maximum atomic E-state index is 12.8. The molecule has 0 spiro atoms. The van der Waals surface area contributed by atoms with Gasteiger partial charge in [-0.25, -0.2) is 13.1 Å². The number of sulfonamides is 1. The number of benzene rings is 1. The van der Waals surface area contributed by atoms with Crippen LogP contribution in [0.1, 0.15) is 25.8 Å². The Hall–Kier alpha value is -1.11. The molecule has 0 aromatic heterocycles. The van der Waals surface area contributed by atoms with Gasteiger partial charge in [0.1, 0.15) is 10.6 Å². The molecule has 1 aromatic rings. The van der Waals surface area contributed by atoms with Crippen molar-refractivity contribution in [3.63, 3.8) is 0 Å². The highest BCUT2D eigenvalue weighted by atomic mass is 32.2. The molecule has 2 aliphatic rings. The van der Waals surface area contributed by atoms with Crippen LogP contribution in [0.3, 0.4) is 0 Å². The number of aryl methyl sites for hydroxylation is 1. The van der Waals surface area contributed by atoms with Crippen molar-refractivity contribution in [3.8, 4) is 5.75 Å². The normalized spacial score (nSPS) is 29.7. The van der Waals surface area contributed by atoms with E-state index >= 15 is 0 Å². The fraction of sp³-hybridized carbons (Fsp3) is 0.625. The third-order valence-electron chi connectivity index (χ3n) is 4.99. The highest BCUT2D eigenvalue weighted by Gasteiger charge is 2.60. The summed E-state index contributed by atoms with van der Waals surface area (Å²) in [4.78, 5) is 0.202. The first kappa shape index (κ1) is 15.8. The van der Waals surface area contributed by atoms with Gasteiger partial charge >= 0.3 is 0 Å². The predicted octanol–water partition coefficient (Wildman–Crippen LogP) is 2.10. The van der Waals surface area contributed by atoms with E-state index < -0.39 is 10.0 Å². The highest BCUT2D eigenvalue weighted by molar-refractivity contribution is 7.89. The summed E-state index contributed by atoms with van der Waals surface area (Å²) in [7, 11) is -2.14. The second-order valence-corrected chi connectivity index (χ2v) is 8.50. The maximum Gasteiger partial charge on any atom is 0.244 e. The van der Waals surface area contributed by atoms with Gasteiger partial charge < -0.3 is 9.47 Å². The van der Waals surface area contributed by atoms with E-state index in [-0.39, 0.29) is 28.4 Å². The first-order valence-corrected chi connectivity index (χ1v) is 9.04. The fourth-order valence-electron chi connectivity index (χ4n) is 3.79. The Morgan fingerprint density at radius 3 is 2.77 bits per heavy atom. The van der Waals surface area contributed by atoms with E-state index in [1.54, 1.807) is 12.1 Å². The molecule has 2 fully saturated rings. The summed E-state index contributed by atoms with van der Waals surface area (Å²) in [5.41, 5.74) is 0.696. The summed E-state index contributed by atoms with van der Waals surface area (Å²) in [6.07, 6.45) is 1.06. The number of fused-ring (bicyclic) bond motifs is 1. The zero-order valence-electron chi connectivity index (χ0n) is 13.4. The molecule has 122 valence electrons. The van der Waals surface area contributed by atoms with Gasteiger partial charge in [0.25, 0.3) is 0 Å². The summed E-state index contributed by atoms with van der Waals surface area (Å²) in [5, 5.41) is 0. The van der Waals surface area contributed by atoms with Crippen LogP contribution in [0.25, 0.3) is 0 Å². The standard InChI is InChI=1S/C16H23NO4S/c1-10-5-6-12(20-4)13(9-10)22(18,19)17-14-11-7-8-21-15(11)16(14,2)3/h5-6,9,11,14-15,17H,7-8H2,1-4H3. The van der Waals surface area contributed by atoms with Crippen molar-refractivity contribution in [1.29, 1.82) is 0 Å². The van der Waals surface area contributed by atoms with Gasteiger partial charge in [-0.15, -0.1) is 0 Å². The molecule has 1 aliphatic carbocycles. The highest BCUT2D eigenvalue weighted by Crippen LogP contribution is 2.52. The molecule has 1 N–H and O–H groups in total. The Bertz CT molecular complexity index is 683. The molecule has 0 amide bonds. The monoisotopic (exact) mass is 325 g/mol. The van der Waals surface area contributed by atoms with Crippen molar-refractivity contribution >= 4 is 10.0 Å². The Labute approximate surface area is 132 Å². The van der Waals surface area contributed by atoms with E-state index in [0.29, 0.717) is 12.4 Å². The first-order valence-electron chi connectivity index (χ1n) is 7.56. The van der Waals surface area contributed by atoms with E-state index in [4.69, 9.17) is 9.47 Å². The summed E-state index contributed by atoms with van der Waals surface area (Å²) in [6, 6.07) is 5.08. The van der Waals surface area contributed by atoms with Crippen LogP contribution in [-0.2, 0) is 14.8 Å². The lowest BCUT2D eigenvalue weighted by atomic mass is 9.58. The number of ether oxygens (including phenoxy) is 2. The van der Waals surface area contributed by atoms with Crippen molar-refractivity contribution in [3.05, 3.63) is 23.8 Å². The smallest absolute Gasteiger partial charge is 0.244 e. The molecule has 22 heavy (non-hydrogen) atoms. The van der Waals surface area contributed by atoms with Gasteiger partial charge in [-0.3, -0.25) is 0 Å². The van der Waals surface area contributed by atoms with Crippen molar-refractivity contribution in [2.45, 2.75) is 44.2 Å². The van der Waals surface area contributed by atoms with E-state index in [1.165, 1.54) is 7.11 Å². The molecule has 3 rings (SSSR count). The Morgan fingerprint density at radius 2 is 2.09 bits per heavy atom. The second-order valence-electron chi connectivity index (χ2n) is 6.82. The Morgan fingerprint density at radius 1 is 1.36 bits per heavy atom. The summed E-state index contributed by atoms with van der Waals surface area (Å²) < 4.78 is 39.4. The minimum atomic E-state index is -3.63. The molecule has 3 unspecified atom stereocenters. The van der Waals surface area contributed by atoms with E-state index in [2.05, 4.69) is 18.6 Å². The molecule has 6 heteroatoms. The second kappa shape index (κ2) is 5.22. The zero-order chi connectivity index (χ0) is 16.1. The van der Waals surface area contributed by atoms with Gasteiger partial charge in [0.05, 0.1) is 13.2 Å². The van der Waals surface area contributed by atoms with Crippen molar-refractivity contribution < 1.29 is 17.9 Å². The molecule has 0 radical (unpaired) electrons. The molecule has 1 heterocycles. The van der Waals surface area contributed by atoms with Gasteiger partial charge in [0.15, 0.2) is 0 Å². The summed E-state index contributed by atoms with van der Waals surface area (Å²) in [5.74, 6) is 0.634. The minimum Gasteiger partial charge on any atom is -0.495 e. The number of hydrogen-bond acceptors (Lipinski definition) is 4. The largest absolute Gasteiger partial charge is 0.495 e. The topological polar surface area (TPSA) is 64.6 Å². The van der Waals surface area contributed by atoms with Crippen LogP contribution in [0.15, 0.2) is 23.1 Å². The molecule has 3 atom stereocenters. The molecular weight excluding hydrogens is 302 g/mol. The quantitative estimate of drug-likeness (QED) is 0.921. The van der Waals surface area contributed by atoms with Gasteiger partial charge in [-0.1, -0.05) is 19.9 Å². The van der Waals surface area contributed by atoms with Gasteiger partial charge in [0, 0.05) is 24.0 Å². The molecular formula is C16H23NO4S. The van der Waals surface area contributed by atoms with Crippen LogP contribution in [0.4, 0.5) is 0 Å². The van der Waals surface area contributed by atoms with E-state index in [9.17, 15) is 8.42 Å². The van der Waals surface area contributed by atoms with Crippen LogP contribution < -0.4 is 9.46 Å². The van der Waals surface area contributed by atoms with Crippen molar-refractivity contribution in [2.24, 2.45) is 11.3 Å². The number of hydrogen-bond donors (Lipinski definition) is 1. The van der Waals surface area contributed by atoms with E-state index in [0.717, 1.165) is 12.0 Å². The summed E-state index contributed by atoms with van der Waals surface area (Å²) in [6.45, 7) is 6.69. The van der Waals surface area contributed by atoms with Gasteiger partial charge in [-0.2, -0.15) is 0 Å². The lowest BCUT2D eigenvalue weighted by Gasteiger charge is -2.54. The molecule has 1 saturated carbocycles. The predicted molar refractivity (Wildman–Crippen MR) is 83.5 cm³/mol. The summed E-state index contributed by atoms with van der Waals surface area (Å²) >= 11 is 0. The Balaban J connectivity index is 1.90. The molecule has 0 bridgehead atoms. The average molecular weight is 325 g/mol. The number of methoxy groups -OCH3 is 1. The van der Waals surface area contributed by atoms with E-state index in [1.807, 2.05) is 13.0 Å². The van der Waals surface area contributed by atoms with Gasteiger partial charge in [0.2, 0.25) is 10.0 Å². The van der Waals surface area contributed by atoms with Crippen LogP contribution in [0.2, 0.25) is 0 Å². The molecule has 5 nitrogen and oxygen atoms in total. The number of rotatable bonds is 4. The van der Waals surface area contributed by atoms with Crippen LogP contribution in [0.5, 0.6) is 5.75 Å².